The van der Waals surface area contributed by atoms with Crippen molar-refractivity contribution in [3.63, 3.8) is 0 Å². The summed E-state index contributed by atoms with van der Waals surface area (Å²) in [5.74, 6) is 0.783. The summed E-state index contributed by atoms with van der Waals surface area (Å²) >= 11 is 0. The predicted molar refractivity (Wildman–Crippen MR) is 55.6 cm³/mol. The van der Waals surface area contributed by atoms with Gasteiger partial charge in [0.1, 0.15) is 0 Å². The standard InChI is InChI=1S/C9H21NOS/c1-8(10)6-5-7-12(11)9(2,3)4/h8H,5-7,10H2,1-4H3. The molecule has 0 bridgehead atoms. The van der Waals surface area contributed by atoms with Gasteiger partial charge in [-0.25, -0.2) is 0 Å². The second-order valence-corrected chi connectivity index (χ2v) is 6.61. The van der Waals surface area contributed by atoms with Crippen molar-refractivity contribution in [3.8, 4) is 0 Å². The molecule has 0 saturated heterocycles. The molecular weight excluding hydrogens is 170 g/mol. The van der Waals surface area contributed by atoms with E-state index in [9.17, 15) is 4.21 Å². The topological polar surface area (TPSA) is 43.1 Å². The Morgan fingerprint density at radius 3 is 2.25 bits per heavy atom. The Bertz CT molecular complexity index is 149. The lowest BCUT2D eigenvalue weighted by atomic mass is 10.2. The molecule has 0 aromatic heterocycles. The summed E-state index contributed by atoms with van der Waals surface area (Å²) in [5, 5.41) is 0. The van der Waals surface area contributed by atoms with Crippen LogP contribution in [0.25, 0.3) is 0 Å². The Morgan fingerprint density at radius 2 is 1.92 bits per heavy atom. The Balaban J connectivity index is 3.59. The molecule has 0 aliphatic carbocycles. The van der Waals surface area contributed by atoms with Crippen molar-refractivity contribution in [2.75, 3.05) is 5.75 Å². The van der Waals surface area contributed by atoms with E-state index in [0.29, 0.717) is 0 Å². The lowest BCUT2D eigenvalue weighted by Gasteiger charge is -2.17. The molecule has 3 heteroatoms. The van der Waals surface area contributed by atoms with Gasteiger partial charge in [-0.2, -0.15) is 0 Å². The Morgan fingerprint density at radius 1 is 1.42 bits per heavy atom. The molecular formula is C9H21NOS. The largest absolute Gasteiger partial charge is 0.328 e. The summed E-state index contributed by atoms with van der Waals surface area (Å²) in [6.07, 6.45) is 1.95. The van der Waals surface area contributed by atoms with Crippen LogP contribution in [0.3, 0.4) is 0 Å². The first-order valence-electron chi connectivity index (χ1n) is 4.48. The van der Waals surface area contributed by atoms with Crippen molar-refractivity contribution in [1.29, 1.82) is 0 Å². The Labute approximate surface area is 78.4 Å². The lowest BCUT2D eigenvalue weighted by molar-refractivity contribution is 0.626. The fraction of sp³-hybridized carbons (Fsp3) is 1.00. The third-order valence-corrected chi connectivity index (χ3v) is 3.70. The van der Waals surface area contributed by atoms with E-state index in [1.807, 2.05) is 27.7 Å². The minimum atomic E-state index is -0.709. The minimum absolute atomic E-state index is 0.0716. The summed E-state index contributed by atoms with van der Waals surface area (Å²) in [6, 6.07) is 0.238. The summed E-state index contributed by atoms with van der Waals surface area (Å²) in [4.78, 5) is 0. The normalized spacial score (nSPS) is 17.4. The van der Waals surface area contributed by atoms with E-state index < -0.39 is 10.8 Å². The van der Waals surface area contributed by atoms with Gasteiger partial charge < -0.3 is 5.73 Å². The highest BCUT2D eigenvalue weighted by Crippen LogP contribution is 2.12. The average molecular weight is 191 g/mol. The van der Waals surface area contributed by atoms with Crippen molar-refractivity contribution in [1.82, 2.24) is 0 Å². The van der Waals surface area contributed by atoms with Gasteiger partial charge in [0, 0.05) is 27.3 Å². The van der Waals surface area contributed by atoms with E-state index in [1.165, 1.54) is 0 Å². The van der Waals surface area contributed by atoms with Crippen molar-refractivity contribution in [2.45, 2.75) is 51.3 Å². The van der Waals surface area contributed by atoms with Crippen LogP contribution in [-0.2, 0) is 10.8 Å². The van der Waals surface area contributed by atoms with Crippen LogP contribution in [0.2, 0.25) is 0 Å². The van der Waals surface area contributed by atoms with Crippen LogP contribution in [0, 0.1) is 0 Å². The molecule has 2 atom stereocenters. The van der Waals surface area contributed by atoms with Gasteiger partial charge in [-0.1, -0.05) is 0 Å². The average Bonchev–Trinajstić information content (AvgIpc) is 1.84. The smallest absolute Gasteiger partial charge is 0.0375 e. The van der Waals surface area contributed by atoms with E-state index in [2.05, 4.69) is 0 Å². The molecule has 0 amide bonds. The molecule has 0 aliphatic rings. The summed E-state index contributed by atoms with van der Waals surface area (Å²) in [5.41, 5.74) is 5.59. The summed E-state index contributed by atoms with van der Waals surface area (Å²) in [7, 11) is -0.709. The fourth-order valence-electron chi connectivity index (χ4n) is 0.843. The molecule has 0 spiro atoms. The molecule has 2 unspecified atom stereocenters. The number of hydrogen-bond donors (Lipinski definition) is 1. The van der Waals surface area contributed by atoms with Gasteiger partial charge in [0.15, 0.2) is 0 Å². The predicted octanol–water partition coefficient (Wildman–Crippen LogP) is 1.66. The van der Waals surface area contributed by atoms with Crippen molar-refractivity contribution in [2.24, 2.45) is 5.73 Å². The number of nitrogens with two attached hydrogens (primary N) is 1. The maximum atomic E-state index is 11.5. The molecule has 2 N–H and O–H groups in total. The highest BCUT2D eigenvalue weighted by atomic mass is 32.2. The van der Waals surface area contributed by atoms with Crippen molar-refractivity contribution in [3.05, 3.63) is 0 Å². The van der Waals surface area contributed by atoms with E-state index in [4.69, 9.17) is 5.73 Å². The number of rotatable bonds is 4. The molecule has 12 heavy (non-hydrogen) atoms. The van der Waals surface area contributed by atoms with Crippen molar-refractivity contribution >= 4 is 10.8 Å². The van der Waals surface area contributed by atoms with Crippen LogP contribution in [0.1, 0.15) is 40.5 Å². The second kappa shape index (κ2) is 4.97. The maximum absolute atomic E-state index is 11.5. The number of hydrogen-bond acceptors (Lipinski definition) is 2. The van der Waals surface area contributed by atoms with Crippen molar-refractivity contribution < 1.29 is 4.21 Å². The first-order chi connectivity index (χ1) is 5.34. The third kappa shape index (κ3) is 5.72. The van der Waals surface area contributed by atoms with Gasteiger partial charge in [0.05, 0.1) is 0 Å². The first-order valence-corrected chi connectivity index (χ1v) is 5.80. The molecule has 0 aromatic rings. The highest BCUT2D eigenvalue weighted by Gasteiger charge is 2.18. The van der Waals surface area contributed by atoms with E-state index in [-0.39, 0.29) is 10.8 Å². The van der Waals surface area contributed by atoms with Crippen LogP contribution >= 0.6 is 0 Å². The van der Waals surface area contributed by atoms with E-state index in [0.717, 1.165) is 18.6 Å². The monoisotopic (exact) mass is 191 g/mol. The molecule has 0 heterocycles. The Hall–Kier alpha value is 0.110. The van der Waals surface area contributed by atoms with Gasteiger partial charge in [-0.15, -0.1) is 0 Å². The lowest BCUT2D eigenvalue weighted by Crippen LogP contribution is -2.25. The van der Waals surface area contributed by atoms with Crippen LogP contribution in [-0.4, -0.2) is 20.8 Å². The zero-order valence-electron chi connectivity index (χ0n) is 8.59. The quantitative estimate of drug-likeness (QED) is 0.734. The fourth-order valence-corrected chi connectivity index (χ4v) is 1.88. The Kier molecular flexibility index (Phi) is 5.02. The third-order valence-electron chi connectivity index (χ3n) is 1.67. The molecule has 0 rings (SSSR count). The second-order valence-electron chi connectivity index (χ2n) is 4.28. The SMILES string of the molecule is CC(N)CCCS(=O)C(C)(C)C. The molecule has 0 radical (unpaired) electrons. The van der Waals surface area contributed by atoms with Crippen LogP contribution in [0.15, 0.2) is 0 Å². The van der Waals surface area contributed by atoms with Crippen LogP contribution in [0.5, 0.6) is 0 Å². The van der Waals surface area contributed by atoms with Gasteiger partial charge in [-0.3, -0.25) is 4.21 Å². The van der Waals surface area contributed by atoms with Gasteiger partial charge >= 0.3 is 0 Å². The molecule has 0 saturated carbocycles. The molecule has 2 nitrogen and oxygen atoms in total. The van der Waals surface area contributed by atoms with E-state index in [1.54, 1.807) is 0 Å². The molecule has 0 aromatic carbocycles. The van der Waals surface area contributed by atoms with Gasteiger partial charge in [0.25, 0.3) is 0 Å². The van der Waals surface area contributed by atoms with Gasteiger partial charge in [0.2, 0.25) is 0 Å². The van der Waals surface area contributed by atoms with E-state index >= 15 is 0 Å². The van der Waals surface area contributed by atoms with Crippen LogP contribution in [0.4, 0.5) is 0 Å². The van der Waals surface area contributed by atoms with Gasteiger partial charge in [-0.05, 0) is 40.5 Å². The minimum Gasteiger partial charge on any atom is -0.328 e. The maximum Gasteiger partial charge on any atom is 0.0375 e. The summed E-state index contributed by atoms with van der Waals surface area (Å²) in [6.45, 7) is 8.01. The molecule has 0 fully saturated rings. The highest BCUT2D eigenvalue weighted by molar-refractivity contribution is 7.86. The molecule has 74 valence electrons. The summed E-state index contributed by atoms with van der Waals surface area (Å²) < 4.78 is 11.4. The van der Waals surface area contributed by atoms with Crippen LogP contribution < -0.4 is 5.73 Å². The zero-order chi connectivity index (χ0) is 9.78. The molecule has 0 aliphatic heterocycles. The zero-order valence-corrected chi connectivity index (χ0v) is 9.41. The first kappa shape index (κ1) is 12.1.